The average molecular weight is 346 g/mol. The monoisotopic (exact) mass is 345 g/mol. The van der Waals surface area contributed by atoms with Crippen LogP contribution in [0.4, 0.5) is 4.39 Å². The molecule has 1 aromatic rings. The number of rotatable bonds is 10. The van der Waals surface area contributed by atoms with Crippen LogP contribution in [0.2, 0.25) is 0 Å². The molecule has 3 heteroatoms. The molecule has 0 aromatic carbocycles. The number of hydrogen-bond donors (Lipinski definition) is 1. The molecule has 0 amide bonds. The second kappa shape index (κ2) is 8.86. The highest BCUT2D eigenvalue weighted by Crippen LogP contribution is 2.40. The Kier molecular flexibility index (Phi) is 7.86. The maximum Gasteiger partial charge on any atom is 0.205 e. The van der Waals surface area contributed by atoms with E-state index in [0.29, 0.717) is 4.47 Å². The molecule has 116 valence electrons. The SMILES string of the molecule is CCCCCCC(C)(CCCCC)c1c[nH]c(F)c1Br. The minimum absolute atomic E-state index is 0.0859. The van der Waals surface area contributed by atoms with Crippen LogP contribution in [0.15, 0.2) is 10.7 Å². The fourth-order valence-electron chi connectivity index (χ4n) is 2.92. The normalized spacial score (nSPS) is 14.4. The van der Waals surface area contributed by atoms with Crippen molar-refractivity contribution in [2.24, 2.45) is 0 Å². The van der Waals surface area contributed by atoms with Gasteiger partial charge in [0.05, 0.1) is 4.47 Å². The van der Waals surface area contributed by atoms with Crippen molar-refractivity contribution in [1.82, 2.24) is 4.98 Å². The molecule has 1 heterocycles. The molecule has 0 saturated heterocycles. The first kappa shape index (κ1) is 17.7. The second-order valence-electron chi connectivity index (χ2n) is 6.16. The zero-order valence-corrected chi connectivity index (χ0v) is 14.8. The van der Waals surface area contributed by atoms with Gasteiger partial charge in [-0.05, 0) is 39.8 Å². The largest absolute Gasteiger partial charge is 0.337 e. The van der Waals surface area contributed by atoms with E-state index < -0.39 is 0 Å². The topological polar surface area (TPSA) is 15.8 Å². The predicted molar refractivity (Wildman–Crippen MR) is 88.7 cm³/mol. The molecule has 0 radical (unpaired) electrons. The standard InChI is InChI=1S/C17H29BrFN/c1-4-6-8-10-12-17(3,11-9-7-5-2)14-13-20-16(19)15(14)18/h13,20H,4-12H2,1-3H3. The van der Waals surface area contributed by atoms with E-state index in [2.05, 4.69) is 41.7 Å². The molecule has 0 aliphatic carbocycles. The van der Waals surface area contributed by atoms with Gasteiger partial charge in [-0.1, -0.05) is 65.7 Å². The van der Waals surface area contributed by atoms with Gasteiger partial charge in [0.15, 0.2) is 0 Å². The van der Waals surface area contributed by atoms with Crippen molar-refractivity contribution < 1.29 is 4.39 Å². The molecular weight excluding hydrogens is 317 g/mol. The van der Waals surface area contributed by atoms with E-state index in [1.54, 1.807) is 0 Å². The molecule has 1 rings (SSSR count). The Hall–Kier alpha value is -0.310. The first-order valence-electron chi connectivity index (χ1n) is 8.08. The van der Waals surface area contributed by atoms with E-state index in [1.807, 2.05) is 6.20 Å². The maximum atomic E-state index is 13.6. The molecule has 1 nitrogen and oxygen atoms in total. The third-order valence-corrected chi connectivity index (χ3v) is 5.11. The summed E-state index contributed by atoms with van der Waals surface area (Å²) in [7, 11) is 0. The van der Waals surface area contributed by atoms with Crippen molar-refractivity contribution in [3.63, 3.8) is 0 Å². The van der Waals surface area contributed by atoms with E-state index in [1.165, 1.54) is 44.9 Å². The number of aromatic nitrogens is 1. The lowest BCUT2D eigenvalue weighted by atomic mass is 9.75. The van der Waals surface area contributed by atoms with Crippen molar-refractivity contribution in [3.8, 4) is 0 Å². The summed E-state index contributed by atoms with van der Waals surface area (Å²) in [6.07, 6.45) is 12.9. The Morgan fingerprint density at radius 1 is 1.05 bits per heavy atom. The number of H-pyrrole nitrogens is 1. The van der Waals surface area contributed by atoms with E-state index in [0.717, 1.165) is 18.4 Å². The quantitative estimate of drug-likeness (QED) is 0.452. The van der Waals surface area contributed by atoms with E-state index in [-0.39, 0.29) is 11.4 Å². The van der Waals surface area contributed by atoms with Gasteiger partial charge in [-0.2, -0.15) is 4.39 Å². The molecule has 1 N–H and O–H groups in total. The highest BCUT2D eigenvalue weighted by Gasteiger charge is 2.29. The molecular formula is C17H29BrFN. The minimum atomic E-state index is -0.240. The van der Waals surface area contributed by atoms with Gasteiger partial charge >= 0.3 is 0 Å². The van der Waals surface area contributed by atoms with Gasteiger partial charge in [-0.25, -0.2) is 0 Å². The lowest BCUT2D eigenvalue weighted by Gasteiger charge is -2.30. The molecule has 0 aliphatic rings. The fourth-order valence-corrected chi connectivity index (χ4v) is 3.63. The van der Waals surface area contributed by atoms with Gasteiger partial charge in [-0.15, -0.1) is 0 Å². The predicted octanol–water partition coefficient (Wildman–Crippen LogP) is 6.72. The molecule has 0 fully saturated rings. The number of halogens is 2. The van der Waals surface area contributed by atoms with E-state index in [4.69, 9.17) is 0 Å². The van der Waals surface area contributed by atoms with Crippen LogP contribution in [-0.4, -0.2) is 4.98 Å². The number of aromatic amines is 1. The van der Waals surface area contributed by atoms with Crippen LogP contribution >= 0.6 is 15.9 Å². The zero-order chi connectivity index (χ0) is 15.0. The van der Waals surface area contributed by atoms with Crippen LogP contribution in [-0.2, 0) is 5.41 Å². The van der Waals surface area contributed by atoms with Crippen molar-refractivity contribution in [2.45, 2.75) is 84.0 Å². The molecule has 0 bridgehead atoms. The number of nitrogens with one attached hydrogen (secondary N) is 1. The maximum absolute atomic E-state index is 13.6. The fraction of sp³-hybridized carbons (Fsp3) is 0.765. The highest BCUT2D eigenvalue weighted by atomic mass is 79.9. The summed E-state index contributed by atoms with van der Waals surface area (Å²) in [5.41, 5.74) is 1.20. The molecule has 0 saturated carbocycles. The van der Waals surface area contributed by atoms with Crippen LogP contribution < -0.4 is 0 Å². The Morgan fingerprint density at radius 3 is 2.10 bits per heavy atom. The number of unbranched alkanes of at least 4 members (excludes halogenated alkanes) is 5. The van der Waals surface area contributed by atoms with Crippen molar-refractivity contribution in [1.29, 1.82) is 0 Å². The van der Waals surface area contributed by atoms with Crippen LogP contribution in [0.3, 0.4) is 0 Å². The van der Waals surface area contributed by atoms with Gasteiger partial charge in [0, 0.05) is 6.20 Å². The third-order valence-electron chi connectivity index (χ3n) is 4.34. The summed E-state index contributed by atoms with van der Waals surface area (Å²) in [6.45, 7) is 6.75. The summed E-state index contributed by atoms with van der Waals surface area (Å²) < 4.78 is 14.2. The summed E-state index contributed by atoms with van der Waals surface area (Å²) >= 11 is 3.41. The zero-order valence-electron chi connectivity index (χ0n) is 13.2. The van der Waals surface area contributed by atoms with Crippen molar-refractivity contribution >= 4 is 15.9 Å². The van der Waals surface area contributed by atoms with Crippen LogP contribution in [0.1, 0.15) is 84.1 Å². The number of hydrogen-bond acceptors (Lipinski definition) is 0. The van der Waals surface area contributed by atoms with Crippen molar-refractivity contribution in [3.05, 3.63) is 22.2 Å². The third kappa shape index (κ3) is 4.91. The van der Waals surface area contributed by atoms with Crippen molar-refractivity contribution in [2.75, 3.05) is 0 Å². The summed E-state index contributed by atoms with van der Waals surface area (Å²) in [5, 5.41) is 0. The lowest BCUT2D eigenvalue weighted by Crippen LogP contribution is -2.22. The molecule has 1 atom stereocenters. The van der Waals surface area contributed by atoms with Gasteiger partial charge in [-0.3, -0.25) is 0 Å². The van der Waals surface area contributed by atoms with Gasteiger partial charge < -0.3 is 4.98 Å². The lowest BCUT2D eigenvalue weighted by molar-refractivity contribution is 0.364. The summed E-state index contributed by atoms with van der Waals surface area (Å²) in [6, 6.07) is 0. The molecule has 1 unspecified atom stereocenters. The second-order valence-corrected chi connectivity index (χ2v) is 6.95. The summed E-state index contributed by atoms with van der Waals surface area (Å²) in [4.78, 5) is 2.72. The molecule has 0 aliphatic heterocycles. The van der Waals surface area contributed by atoms with Crippen LogP contribution in [0.25, 0.3) is 0 Å². The molecule has 0 spiro atoms. The minimum Gasteiger partial charge on any atom is -0.337 e. The van der Waals surface area contributed by atoms with E-state index in [9.17, 15) is 4.39 Å². The van der Waals surface area contributed by atoms with Crippen LogP contribution in [0.5, 0.6) is 0 Å². The van der Waals surface area contributed by atoms with Gasteiger partial charge in [0.25, 0.3) is 0 Å². The Bertz CT molecular complexity index is 388. The average Bonchev–Trinajstić information content (AvgIpc) is 2.76. The first-order chi connectivity index (χ1) is 9.55. The van der Waals surface area contributed by atoms with Gasteiger partial charge in [0.2, 0.25) is 5.95 Å². The summed E-state index contributed by atoms with van der Waals surface area (Å²) in [5.74, 6) is -0.240. The van der Waals surface area contributed by atoms with Crippen LogP contribution in [0, 0.1) is 5.95 Å². The first-order valence-corrected chi connectivity index (χ1v) is 8.87. The smallest absolute Gasteiger partial charge is 0.205 e. The molecule has 20 heavy (non-hydrogen) atoms. The Labute approximate surface area is 131 Å². The Morgan fingerprint density at radius 2 is 1.60 bits per heavy atom. The Balaban J connectivity index is 2.74. The molecule has 1 aromatic heterocycles. The van der Waals surface area contributed by atoms with Gasteiger partial charge in [0.1, 0.15) is 0 Å². The van der Waals surface area contributed by atoms with E-state index >= 15 is 0 Å². The highest BCUT2D eigenvalue weighted by molar-refractivity contribution is 9.10.